The van der Waals surface area contributed by atoms with Gasteiger partial charge < -0.3 is 9.73 Å². The molecule has 0 bridgehead atoms. The maximum Gasteiger partial charge on any atom is 0.293 e. The van der Waals surface area contributed by atoms with Gasteiger partial charge in [-0.2, -0.15) is 0 Å². The molecular formula is C25H25N3O3S2. The number of benzene rings is 1. The molecule has 4 aromatic rings. The lowest BCUT2D eigenvalue weighted by molar-refractivity contribution is -0.121. The number of nitrogens with zero attached hydrogens (tertiary/aromatic N) is 1. The summed E-state index contributed by atoms with van der Waals surface area (Å²) in [5.41, 5.74) is 2.93. The first-order chi connectivity index (χ1) is 16.0. The Morgan fingerprint density at radius 3 is 2.55 bits per heavy atom. The van der Waals surface area contributed by atoms with E-state index < -0.39 is 0 Å². The molecule has 4 rings (SSSR count). The van der Waals surface area contributed by atoms with Gasteiger partial charge in [-0.05, 0) is 47.0 Å². The van der Waals surface area contributed by atoms with E-state index in [0.29, 0.717) is 16.7 Å². The van der Waals surface area contributed by atoms with Gasteiger partial charge in [-0.1, -0.05) is 44.2 Å². The van der Waals surface area contributed by atoms with E-state index in [1.807, 2.05) is 17.5 Å². The minimum Gasteiger partial charge on any atom is -0.459 e. The molecule has 0 fully saturated rings. The summed E-state index contributed by atoms with van der Waals surface area (Å²) in [4.78, 5) is 30.4. The molecule has 170 valence electrons. The minimum absolute atomic E-state index is 0.125. The molecular weight excluding hydrogens is 454 g/mol. The van der Waals surface area contributed by atoms with Crippen LogP contribution in [0.15, 0.2) is 70.0 Å². The van der Waals surface area contributed by atoms with Crippen LogP contribution in [0, 0.1) is 5.92 Å². The quantitative estimate of drug-likeness (QED) is 0.323. The van der Waals surface area contributed by atoms with E-state index >= 15 is 0 Å². The predicted octanol–water partition coefficient (Wildman–Crippen LogP) is 5.70. The normalized spacial score (nSPS) is 12.0. The van der Waals surface area contributed by atoms with Crippen LogP contribution in [-0.2, 0) is 17.6 Å². The summed E-state index contributed by atoms with van der Waals surface area (Å²) in [7, 11) is 0. The third-order valence-electron chi connectivity index (χ3n) is 4.95. The van der Waals surface area contributed by atoms with Crippen LogP contribution in [0.4, 0.5) is 5.13 Å². The van der Waals surface area contributed by atoms with Gasteiger partial charge in [-0.25, -0.2) is 4.98 Å². The van der Waals surface area contributed by atoms with Crippen molar-refractivity contribution >= 4 is 39.6 Å². The molecule has 0 aliphatic carbocycles. The zero-order chi connectivity index (χ0) is 23.2. The van der Waals surface area contributed by atoms with Crippen LogP contribution in [0.1, 0.15) is 52.1 Å². The summed E-state index contributed by atoms with van der Waals surface area (Å²) in [6.07, 6.45) is 2.59. The van der Waals surface area contributed by atoms with E-state index in [-0.39, 0.29) is 30.0 Å². The fraction of sp³-hybridized carbons (Fsp3) is 0.240. The molecule has 3 heterocycles. The van der Waals surface area contributed by atoms with E-state index in [9.17, 15) is 9.59 Å². The second-order valence-corrected chi connectivity index (χ2v) is 9.95. The molecule has 1 unspecified atom stereocenters. The van der Waals surface area contributed by atoms with E-state index in [0.717, 1.165) is 16.9 Å². The second kappa shape index (κ2) is 10.6. The lowest BCUT2D eigenvalue weighted by Crippen LogP contribution is -2.30. The van der Waals surface area contributed by atoms with Crippen molar-refractivity contribution in [3.05, 3.63) is 93.0 Å². The number of carbonyl (C=O) groups excluding carboxylic acids is 2. The van der Waals surface area contributed by atoms with Crippen molar-refractivity contribution in [3.8, 4) is 0 Å². The number of nitrogens with one attached hydrogen (secondary N) is 2. The molecule has 1 atom stereocenters. The van der Waals surface area contributed by atoms with Gasteiger partial charge in [0.05, 0.1) is 24.4 Å². The van der Waals surface area contributed by atoms with Crippen molar-refractivity contribution < 1.29 is 14.0 Å². The van der Waals surface area contributed by atoms with Gasteiger partial charge in [0.1, 0.15) is 0 Å². The largest absolute Gasteiger partial charge is 0.459 e. The Morgan fingerprint density at radius 2 is 1.88 bits per heavy atom. The van der Waals surface area contributed by atoms with Gasteiger partial charge in [-0.15, -0.1) is 22.7 Å². The number of aromatic nitrogens is 1. The van der Waals surface area contributed by atoms with E-state index in [1.54, 1.807) is 28.8 Å². The van der Waals surface area contributed by atoms with E-state index in [2.05, 4.69) is 53.7 Å². The Morgan fingerprint density at radius 1 is 1.06 bits per heavy atom. The fourth-order valence-electron chi connectivity index (χ4n) is 3.48. The highest BCUT2D eigenvalue weighted by Crippen LogP contribution is 2.27. The van der Waals surface area contributed by atoms with E-state index in [4.69, 9.17) is 4.42 Å². The Bertz CT molecular complexity index is 1180. The minimum atomic E-state index is -0.371. The zero-order valence-corrected chi connectivity index (χ0v) is 20.0. The topological polar surface area (TPSA) is 84.2 Å². The lowest BCUT2D eigenvalue weighted by Gasteiger charge is -2.18. The van der Waals surface area contributed by atoms with Gasteiger partial charge in [0.25, 0.3) is 5.91 Å². The Kier molecular flexibility index (Phi) is 7.36. The molecule has 2 N–H and O–H groups in total. The molecule has 2 amide bonds. The summed E-state index contributed by atoms with van der Waals surface area (Å²) in [5.74, 6) is 0.302. The molecule has 0 spiro atoms. The third kappa shape index (κ3) is 6.18. The number of carbonyl (C=O) groups is 2. The van der Waals surface area contributed by atoms with Crippen LogP contribution in [0.5, 0.6) is 0 Å². The number of thiazole rings is 1. The van der Waals surface area contributed by atoms with E-state index in [1.165, 1.54) is 23.2 Å². The molecule has 1 aromatic carbocycles. The van der Waals surface area contributed by atoms with Crippen LogP contribution in [0.25, 0.3) is 0 Å². The van der Waals surface area contributed by atoms with Crippen molar-refractivity contribution in [2.24, 2.45) is 5.92 Å². The number of furan rings is 1. The number of anilines is 1. The van der Waals surface area contributed by atoms with Crippen LogP contribution in [0.2, 0.25) is 0 Å². The van der Waals surface area contributed by atoms with Crippen molar-refractivity contribution in [1.82, 2.24) is 10.3 Å². The summed E-state index contributed by atoms with van der Waals surface area (Å²) in [5, 5.41) is 10.1. The average Bonchev–Trinajstić information content (AvgIpc) is 3.55. The Labute approximate surface area is 200 Å². The second-order valence-electron chi connectivity index (χ2n) is 8.11. The number of hydrogen-bond donors (Lipinski definition) is 2. The molecule has 8 heteroatoms. The summed E-state index contributed by atoms with van der Waals surface area (Å²) >= 11 is 2.89. The first-order valence-electron chi connectivity index (χ1n) is 10.7. The summed E-state index contributed by atoms with van der Waals surface area (Å²) in [6, 6.07) is 15.5. The van der Waals surface area contributed by atoms with Crippen LogP contribution < -0.4 is 10.6 Å². The number of amides is 2. The van der Waals surface area contributed by atoms with Crippen molar-refractivity contribution in [3.63, 3.8) is 0 Å². The standard InChI is InChI=1S/C25H25N3O3S2/c1-16(2)13-17-7-9-18(10-8-17)23(21-6-4-12-32-21)27-22(29)14-19-15-33-25(26-19)28-24(30)20-5-3-11-31-20/h3-12,15-16,23H,13-14H2,1-2H3,(H,27,29)(H,26,28,30). The highest BCUT2D eigenvalue weighted by molar-refractivity contribution is 7.14. The lowest BCUT2D eigenvalue weighted by atomic mass is 9.98. The Balaban J connectivity index is 1.41. The van der Waals surface area contributed by atoms with Gasteiger partial charge in [0.2, 0.25) is 5.91 Å². The third-order valence-corrected chi connectivity index (χ3v) is 6.69. The molecule has 0 aliphatic rings. The first-order valence-corrected chi connectivity index (χ1v) is 12.4. The highest BCUT2D eigenvalue weighted by atomic mass is 32.1. The van der Waals surface area contributed by atoms with Crippen LogP contribution in [-0.4, -0.2) is 16.8 Å². The summed E-state index contributed by atoms with van der Waals surface area (Å²) in [6.45, 7) is 4.41. The van der Waals surface area contributed by atoms with Crippen LogP contribution in [0.3, 0.4) is 0 Å². The molecule has 3 aromatic heterocycles. The smallest absolute Gasteiger partial charge is 0.293 e. The van der Waals surface area contributed by atoms with Crippen LogP contribution >= 0.6 is 22.7 Å². The molecule has 0 saturated heterocycles. The van der Waals surface area contributed by atoms with Gasteiger partial charge in [-0.3, -0.25) is 14.9 Å². The number of thiophene rings is 1. The molecule has 0 aliphatic heterocycles. The molecule has 6 nitrogen and oxygen atoms in total. The monoisotopic (exact) mass is 479 g/mol. The Hall–Kier alpha value is -3.23. The molecule has 33 heavy (non-hydrogen) atoms. The average molecular weight is 480 g/mol. The SMILES string of the molecule is CC(C)Cc1ccc(C(NC(=O)Cc2csc(NC(=O)c3ccco3)n2)c2cccs2)cc1. The van der Waals surface area contributed by atoms with Crippen molar-refractivity contribution in [2.45, 2.75) is 32.7 Å². The fourth-order valence-corrected chi connectivity index (χ4v) is 4.99. The van der Waals surface area contributed by atoms with Gasteiger partial charge in [0, 0.05) is 10.3 Å². The van der Waals surface area contributed by atoms with Gasteiger partial charge >= 0.3 is 0 Å². The maximum atomic E-state index is 12.9. The maximum absolute atomic E-state index is 12.9. The van der Waals surface area contributed by atoms with Gasteiger partial charge in [0.15, 0.2) is 10.9 Å². The first kappa shape index (κ1) is 22.9. The van der Waals surface area contributed by atoms with Crippen molar-refractivity contribution in [2.75, 3.05) is 5.32 Å². The zero-order valence-electron chi connectivity index (χ0n) is 18.4. The molecule has 0 saturated carbocycles. The predicted molar refractivity (Wildman–Crippen MR) is 132 cm³/mol. The number of hydrogen-bond acceptors (Lipinski definition) is 6. The van der Waals surface area contributed by atoms with Crippen molar-refractivity contribution in [1.29, 1.82) is 0 Å². The molecule has 0 radical (unpaired) electrons. The highest BCUT2D eigenvalue weighted by Gasteiger charge is 2.19. The number of rotatable bonds is 9. The summed E-state index contributed by atoms with van der Waals surface area (Å²) < 4.78 is 5.09.